The number of nitrogens with one attached hydrogen (secondary N) is 2. The molecule has 29 heavy (non-hydrogen) atoms. The number of halogens is 2. The Balaban J connectivity index is 1.40. The molecule has 0 saturated carbocycles. The molecule has 2 aromatic carbocycles. The first-order valence-corrected chi connectivity index (χ1v) is 10.3. The van der Waals surface area contributed by atoms with Crippen molar-refractivity contribution in [3.05, 3.63) is 81.6 Å². The summed E-state index contributed by atoms with van der Waals surface area (Å²) in [4.78, 5) is 28.5. The average Bonchev–Trinajstić information content (AvgIpc) is 3.16. The highest BCUT2D eigenvalue weighted by atomic mass is 35.5. The van der Waals surface area contributed by atoms with E-state index in [-0.39, 0.29) is 17.6 Å². The van der Waals surface area contributed by atoms with Gasteiger partial charge >= 0.3 is 0 Å². The van der Waals surface area contributed by atoms with Crippen LogP contribution in [0, 0.1) is 5.82 Å². The molecule has 0 aliphatic carbocycles. The van der Waals surface area contributed by atoms with Gasteiger partial charge < -0.3 is 5.32 Å². The Hall–Kier alpha value is -2.77. The van der Waals surface area contributed by atoms with Crippen LogP contribution in [0.5, 0.6) is 0 Å². The lowest BCUT2D eigenvalue weighted by atomic mass is 10.1. The quantitative estimate of drug-likeness (QED) is 0.552. The van der Waals surface area contributed by atoms with Crippen molar-refractivity contribution in [3.63, 3.8) is 0 Å². The first-order valence-electron chi connectivity index (χ1n) is 9.02. The van der Waals surface area contributed by atoms with E-state index in [9.17, 15) is 14.0 Å². The van der Waals surface area contributed by atoms with Crippen molar-refractivity contribution in [2.45, 2.75) is 19.3 Å². The van der Waals surface area contributed by atoms with E-state index in [1.54, 1.807) is 36.4 Å². The zero-order valence-electron chi connectivity index (χ0n) is 15.5. The van der Waals surface area contributed by atoms with Gasteiger partial charge in [-0.1, -0.05) is 23.7 Å². The predicted octanol–water partition coefficient (Wildman–Crippen LogP) is 4.48. The molecule has 0 bridgehead atoms. The molecule has 0 fully saturated rings. The first kappa shape index (κ1) is 21.0. The Morgan fingerprint density at radius 3 is 2.48 bits per heavy atom. The third kappa shape index (κ3) is 6.66. The fraction of sp³-hybridized carbons (Fsp3) is 0.190. The van der Waals surface area contributed by atoms with Crippen molar-refractivity contribution in [1.29, 1.82) is 0 Å². The van der Waals surface area contributed by atoms with E-state index in [0.29, 0.717) is 41.5 Å². The van der Waals surface area contributed by atoms with Gasteiger partial charge in [0.25, 0.3) is 5.91 Å². The van der Waals surface area contributed by atoms with Crippen LogP contribution in [0.25, 0.3) is 0 Å². The van der Waals surface area contributed by atoms with Crippen LogP contribution in [0.15, 0.2) is 53.9 Å². The molecule has 8 heteroatoms. The van der Waals surface area contributed by atoms with Crippen LogP contribution in [-0.2, 0) is 17.6 Å². The number of aromatic nitrogens is 1. The maximum atomic E-state index is 12.9. The summed E-state index contributed by atoms with van der Waals surface area (Å²) < 4.78 is 12.9. The lowest BCUT2D eigenvalue weighted by Gasteiger charge is -2.05. The number of carbonyl (C=O) groups is 2. The Bertz CT molecular complexity index is 974. The molecule has 0 radical (unpaired) electrons. The lowest BCUT2D eigenvalue weighted by molar-refractivity contribution is -0.121. The zero-order valence-corrected chi connectivity index (χ0v) is 17.0. The van der Waals surface area contributed by atoms with E-state index in [1.807, 2.05) is 5.38 Å². The van der Waals surface area contributed by atoms with E-state index >= 15 is 0 Å². The van der Waals surface area contributed by atoms with Gasteiger partial charge in [-0.3, -0.25) is 14.9 Å². The number of rotatable bonds is 8. The smallest absolute Gasteiger partial charge is 0.257 e. The van der Waals surface area contributed by atoms with E-state index in [0.717, 1.165) is 11.3 Å². The third-order valence-electron chi connectivity index (χ3n) is 4.14. The number of nitrogens with zero attached hydrogens (tertiary/aromatic N) is 1. The van der Waals surface area contributed by atoms with E-state index in [1.165, 1.54) is 23.5 Å². The third-order valence-corrected chi connectivity index (χ3v) is 5.19. The molecule has 150 valence electrons. The predicted molar refractivity (Wildman–Crippen MR) is 113 cm³/mol. The second-order valence-electron chi connectivity index (χ2n) is 6.33. The van der Waals surface area contributed by atoms with Crippen LogP contribution in [0.1, 0.15) is 28.0 Å². The van der Waals surface area contributed by atoms with Crippen LogP contribution in [0.3, 0.4) is 0 Å². The molecule has 2 N–H and O–H groups in total. The number of anilines is 1. The molecule has 0 aliphatic heterocycles. The van der Waals surface area contributed by atoms with Gasteiger partial charge in [0.1, 0.15) is 5.82 Å². The van der Waals surface area contributed by atoms with Crippen molar-refractivity contribution < 1.29 is 14.0 Å². The number of aryl methyl sites for hydroxylation is 1. The fourth-order valence-electron chi connectivity index (χ4n) is 2.58. The van der Waals surface area contributed by atoms with Crippen LogP contribution in [-0.4, -0.2) is 23.3 Å². The van der Waals surface area contributed by atoms with E-state index in [4.69, 9.17) is 11.6 Å². The average molecular weight is 432 g/mol. The summed E-state index contributed by atoms with van der Waals surface area (Å²) in [5.41, 5.74) is 2.20. The van der Waals surface area contributed by atoms with Crippen molar-refractivity contribution >= 4 is 39.9 Å². The van der Waals surface area contributed by atoms with Crippen LogP contribution in [0.4, 0.5) is 9.52 Å². The van der Waals surface area contributed by atoms with Crippen LogP contribution in [0.2, 0.25) is 5.02 Å². The molecule has 1 heterocycles. The Morgan fingerprint density at radius 1 is 1.03 bits per heavy atom. The van der Waals surface area contributed by atoms with Crippen molar-refractivity contribution in [2.24, 2.45) is 0 Å². The molecule has 0 aliphatic rings. The van der Waals surface area contributed by atoms with Gasteiger partial charge in [-0.2, -0.15) is 0 Å². The van der Waals surface area contributed by atoms with Crippen LogP contribution >= 0.6 is 22.9 Å². The lowest BCUT2D eigenvalue weighted by Crippen LogP contribution is -2.25. The number of amides is 2. The Labute approximate surface area is 176 Å². The monoisotopic (exact) mass is 431 g/mol. The number of hydrogen-bond donors (Lipinski definition) is 2. The number of thiazole rings is 1. The van der Waals surface area contributed by atoms with Crippen molar-refractivity contribution in [3.8, 4) is 0 Å². The van der Waals surface area contributed by atoms with Gasteiger partial charge in [0.15, 0.2) is 5.13 Å². The van der Waals surface area contributed by atoms with Gasteiger partial charge in [0, 0.05) is 28.9 Å². The van der Waals surface area contributed by atoms with E-state index in [2.05, 4.69) is 15.6 Å². The molecule has 2 amide bonds. The van der Waals surface area contributed by atoms with Crippen molar-refractivity contribution in [2.75, 3.05) is 11.9 Å². The largest absolute Gasteiger partial charge is 0.356 e. The summed E-state index contributed by atoms with van der Waals surface area (Å²) in [5.74, 6) is -0.613. The Kier molecular flexibility index (Phi) is 7.32. The number of hydrogen-bond acceptors (Lipinski definition) is 4. The summed E-state index contributed by atoms with van der Waals surface area (Å²) >= 11 is 7.13. The highest BCUT2D eigenvalue weighted by Gasteiger charge is 2.10. The maximum Gasteiger partial charge on any atom is 0.257 e. The summed E-state index contributed by atoms with van der Waals surface area (Å²) in [7, 11) is 0. The Morgan fingerprint density at radius 2 is 1.76 bits per heavy atom. The summed E-state index contributed by atoms with van der Waals surface area (Å²) in [6.07, 6.45) is 1.43. The van der Waals surface area contributed by atoms with E-state index < -0.39 is 0 Å². The summed E-state index contributed by atoms with van der Waals surface area (Å²) in [6.45, 7) is 0.490. The topological polar surface area (TPSA) is 71.1 Å². The summed E-state index contributed by atoms with van der Waals surface area (Å²) in [6, 6.07) is 12.8. The minimum Gasteiger partial charge on any atom is -0.356 e. The van der Waals surface area contributed by atoms with Gasteiger partial charge in [-0.15, -0.1) is 11.3 Å². The van der Waals surface area contributed by atoms with Gasteiger partial charge in [-0.05, 0) is 54.8 Å². The standard InChI is InChI=1S/C21H19ClFN3O2S/c22-16-5-3-15(4-6-16)20(28)26-21-25-18(13-29-21)9-10-19(27)24-12-11-14-1-7-17(23)8-2-14/h1-8,13H,9-12H2,(H,24,27)(H,25,26,28). The van der Waals surface area contributed by atoms with Gasteiger partial charge in [-0.25, -0.2) is 9.37 Å². The first-order chi connectivity index (χ1) is 14.0. The second kappa shape index (κ2) is 10.1. The zero-order chi connectivity index (χ0) is 20.6. The second-order valence-corrected chi connectivity index (χ2v) is 7.63. The minimum absolute atomic E-state index is 0.0770. The van der Waals surface area contributed by atoms with Gasteiger partial charge in [0.05, 0.1) is 5.69 Å². The fourth-order valence-corrected chi connectivity index (χ4v) is 3.44. The van der Waals surface area contributed by atoms with Crippen molar-refractivity contribution in [1.82, 2.24) is 10.3 Å². The molecule has 0 spiro atoms. The molecule has 0 atom stereocenters. The summed E-state index contributed by atoms with van der Waals surface area (Å²) in [5, 5.41) is 8.45. The van der Waals surface area contributed by atoms with Gasteiger partial charge in [0.2, 0.25) is 5.91 Å². The number of carbonyl (C=O) groups excluding carboxylic acids is 2. The minimum atomic E-state index is -0.273. The highest BCUT2D eigenvalue weighted by molar-refractivity contribution is 7.14. The normalized spacial score (nSPS) is 10.6. The molecule has 1 aromatic heterocycles. The number of benzene rings is 2. The molecule has 0 saturated heterocycles. The molecule has 5 nitrogen and oxygen atoms in total. The molecular weight excluding hydrogens is 413 g/mol. The molecule has 3 rings (SSSR count). The molecule has 3 aromatic rings. The SMILES string of the molecule is O=C(CCc1csc(NC(=O)c2ccc(Cl)cc2)n1)NCCc1ccc(F)cc1. The molecular formula is C21H19ClFN3O2S. The molecule has 0 unspecified atom stereocenters. The maximum absolute atomic E-state index is 12.9. The highest BCUT2D eigenvalue weighted by Crippen LogP contribution is 2.18. The van der Waals surface area contributed by atoms with Crippen LogP contribution < -0.4 is 10.6 Å².